The number of aromatic amines is 1. The summed E-state index contributed by atoms with van der Waals surface area (Å²) in [7, 11) is 3.49. The molecule has 2 heterocycles. The lowest BCUT2D eigenvalue weighted by atomic mass is 10.3. The van der Waals surface area contributed by atoms with Crippen LogP contribution in [0.1, 0.15) is 0 Å². The fourth-order valence-electron chi connectivity index (χ4n) is 1.92. The lowest BCUT2D eigenvalue weighted by molar-refractivity contribution is 0.185. The molecule has 0 saturated carbocycles. The number of hydrogen-bond acceptors (Lipinski definition) is 4. The van der Waals surface area contributed by atoms with Crippen molar-refractivity contribution in [1.82, 2.24) is 15.0 Å². The van der Waals surface area contributed by atoms with E-state index in [0.717, 1.165) is 28.2 Å². The van der Waals surface area contributed by atoms with Crippen molar-refractivity contribution in [3.8, 4) is 11.5 Å². The van der Waals surface area contributed by atoms with Crippen LogP contribution in [0, 0.1) is 0 Å². The van der Waals surface area contributed by atoms with Gasteiger partial charge in [-0.15, -0.1) is 0 Å². The van der Waals surface area contributed by atoms with Crippen molar-refractivity contribution in [1.29, 1.82) is 0 Å². The van der Waals surface area contributed by atoms with Gasteiger partial charge in [0.05, 0.1) is 23.8 Å². The zero-order chi connectivity index (χ0) is 13.2. The summed E-state index contributed by atoms with van der Waals surface area (Å²) < 4.78 is 0. The van der Waals surface area contributed by atoms with Crippen molar-refractivity contribution in [3.63, 3.8) is 0 Å². The molecule has 0 fully saturated rings. The van der Waals surface area contributed by atoms with Gasteiger partial charge in [0.25, 0.3) is 0 Å². The number of aromatic nitrogens is 3. The molecule has 1 N–H and O–H groups in total. The number of fused-ring (bicyclic) bond motifs is 1. The number of benzene rings is 1. The van der Waals surface area contributed by atoms with Gasteiger partial charge >= 0.3 is 0 Å². The van der Waals surface area contributed by atoms with E-state index >= 15 is 0 Å². The summed E-state index contributed by atoms with van der Waals surface area (Å²) in [4.78, 5) is 17.3. The molecule has 5 heteroatoms. The van der Waals surface area contributed by atoms with E-state index in [1.807, 2.05) is 43.4 Å². The van der Waals surface area contributed by atoms with Gasteiger partial charge in [0, 0.05) is 13.2 Å². The van der Waals surface area contributed by atoms with E-state index in [-0.39, 0.29) is 0 Å². The summed E-state index contributed by atoms with van der Waals surface area (Å²) in [6.45, 7) is 0. The van der Waals surface area contributed by atoms with Crippen molar-refractivity contribution in [2.75, 3.05) is 19.2 Å². The molecule has 0 atom stereocenters. The fraction of sp³-hybridized carbons (Fsp3) is 0.143. The number of H-pyrrole nitrogens is 1. The van der Waals surface area contributed by atoms with Gasteiger partial charge in [0.1, 0.15) is 5.69 Å². The molecule has 3 aromatic rings. The molecule has 1 aromatic carbocycles. The Balaban J connectivity index is 2.06. The van der Waals surface area contributed by atoms with E-state index in [4.69, 9.17) is 4.84 Å². The quantitative estimate of drug-likeness (QED) is 0.730. The monoisotopic (exact) mass is 254 g/mol. The standard InChI is InChI=1S/C14H14N4O/c1-18(19-2)10-6-7-11-13(9-10)17-14(16-11)12-5-3-4-8-15-12/h3-9H,1-2H3,(H,16,17). The number of pyridine rings is 1. The van der Waals surface area contributed by atoms with Gasteiger partial charge < -0.3 is 4.98 Å². The minimum atomic E-state index is 0.771. The second-order valence-electron chi connectivity index (χ2n) is 4.18. The minimum Gasteiger partial charge on any atom is -0.337 e. The second-order valence-corrected chi connectivity index (χ2v) is 4.18. The molecule has 19 heavy (non-hydrogen) atoms. The summed E-state index contributed by atoms with van der Waals surface area (Å²) in [5.41, 5.74) is 3.66. The van der Waals surface area contributed by atoms with Crippen LogP contribution in [0.2, 0.25) is 0 Å². The summed E-state index contributed by atoms with van der Waals surface area (Å²) in [6, 6.07) is 11.7. The molecule has 0 aliphatic carbocycles. The third-order valence-electron chi connectivity index (χ3n) is 3.01. The average molecular weight is 254 g/mol. The molecule has 0 spiro atoms. The van der Waals surface area contributed by atoms with Crippen LogP contribution in [0.3, 0.4) is 0 Å². The van der Waals surface area contributed by atoms with Crippen molar-refractivity contribution in [2.45, 2.75) is 0 Å². The first-order chi connectivity index (χ1) is 9.28. The number of hydrogen-bond donors (Lipinski definition) is 1. The Bertz CT molecular complexity index is 693. The van der Waals surface area contributed by atoms with E-state index in [1.165, 1.54) is 0 Å². The molecule has 0 bridgehead atoms. The van der Waals surface area contributed by atoms with Gasteiger partial charge in [-0.05, 0) is 30.3 Å². The number of nitrogens with zero attached hydrogens (tertiary/aromatic N) is 3. The van der Waals surface area contributed by atoms with Crippen LogP contribution >= 0.6 is 0 Å². The second kappa shape index (κ2) is 4.70. The molecule has 0 aliphatic rings. The highest BCUT2D eigenvalue weighted by Crippen LogP contribution is 2.23. The highest BCUT2D eigenvalue weighted by atomic mass is 16.7. The average Bonchev–Trinajstić information content (AvgIpc) is 2.90. The first kappa shape index (κ1) is 11.7. The van der Waals surface area contributed by atoms with E-state index in [1.54, 1.807) is 18.4 Å². The third-order valence-corrected chi connectivity index (χ3v) is 3.01. The van der Waals surface area contributed by atoms with Crippen molar-refractivity contribution < 1.29 is 4.84 Å². The van der Waals surface area contributed by atoms with Crippen molar-refractivity contribution in [3.05, 3.63) is 42.6 Å². The lowest BCUT2D eigenvalue weighted by Crippen LogP contribution is -2.14. The summed E-state index contributed by atoms with van der Waals surface area (Å²) in [6.07, 6.45) is 1.76. The van der Waals surface area contributed by atoms with Crippen LogP contribution in [-0.2, 0) is 4.84 Å². The largest absolute Gasteiger partial charge is 0.337 e. The van der Waals surface area contributed by atoms with Crippen molar-refractivity contribution in [2.24, 2.45) is 0 Å². The first-order valence-electron chi connectivity index (χ1n) is 5.97. The number of rotatable bonds is 3. The fourth-order valence-corrected chi connectivity index (χ4v) is 1.92. The van der Waals surface area contributed by atoms with E-state index < -0.39 is 0 Å². The van der Waals surface area contributed by atoms with Crippen LogP contribution in [0.4, 0.5) is 5.69 Å². The Hall–Kier alpha value is -2.40. The van der Waals surface area contributed by atoms with Crippen LogP contribution in [0.25, 0.3) is 22.6 Å². The molecule has 0 amide bonds. The van der Waals surface area contributed by atoms with Gasteiger partial charge in [-0.1, -0.05) is 6.07 Å². The topological polar surface area (TPSA) is 54.0 Å². The molecule has 3 rings (SSSR count). The molecule has 0 saturated heterocycles. The summed E-state index contributed by atoms with van der Waals surface area (Å²) in [5, 5.41) is 1.69. The summed E-state index contributed by atoms with van der Waals surface area (Å²) in [5.74, 6) is 0.771. The van der Waals surface area contributed by atoms with E-state index in [2.05, 4.69) is 15.0 Å². The molecule has 0 aliphatic heterocycles. The highest BCUT2D eigenvalue weighted by Gasteiger charge is 2.08. The highest BCUT2D eigenvalue weighted by molar-refractivity contribution is 5.82. The molecule has 0 radical (unpaired) electrons. The molecule has 5 nitrogen and oxygen atoms in total. The van der Waals surface area contributed by atoms with Gasteiger partial charge in [0.2, 0.25) is 0 Å². The van der Waals surface area contributed by atoms with Gasteiger partial charge in [-0.25, -0.2) is 4.98 Å². The molecular weight excluding hydrogens is 240 g/mol. The third kappa shape index (κ3) is 2.15. The maximum absolute atomic E-state index is 5.16. The summed E-state index contributed by atoms with van der Waals surface area (Å²) >= 11 is 0. The number of imidazole rings is 1. The lowest BCUT2D eigenvalue weighted by Gasteiger charge is -2.15. The maximum atomic E-state index is 5.16. The molecule has 96 valence electrons. The van der Waals surface area contributed by atoms with Crippen LogP contribution in [0.5, 0.6) is 0 Å². The number of nitrogens with one attached hydrogen (secondary N) is 1. The molecule has 2 aromatic heterocycles. The van der Waals surface area contributed by atoms with E-state index in [9.17, 15) is 0 Å². The van der Waals surface area contributed by atoms with Crippen LogP contribution in [0.15, 0.2) is 42.6 Å². The van der Waals surface area contributed by atoms with Crippen LogP contribution in [-0.4, -0.2) is 29.1 Å². The van der Waals surface area contributed by atoms with Gasteiger partial charge in [0.15, 0.2) is 5.82 Å². The van der Waals surface area contributed by atoms with Crippen molar-refractivity contribution >= 4 is 16.7 Å². The maximum Gasteiger partial charge on any atom is 0.157 e. The normalized spacial score (nSPS) is 10.8. The molecular formula is C14H14N4O. The molecule has 0 unspecified atom stereocenters. The van der Waals surface area contributed by atoms with E-state index in [0.29, 0.717) is 0 Å². The Morgan fingerprint density at radius 1 is 1.21 bits per heavy atom. The Morgan fingerprint density at radius 3 is 2.84 bits per heavy atom. The Kier molecular flexibility index (Phi) is 2.89. The Labute approximate surface area is 110 Å². The predicted octanol–water partition coefficient (Wildman–Crippen LogP) is 2.62. The zero-order valence-electron chi connectivity index (χ0n) is 10.8. The SMILES string of the molecule is CON(C)c1ccc2[nH]c(-c3ccccn3)nc2c1. The van der Waals surface area contributed by atoms with Gasteiger partial charge in [-0.3, -0.25) is 14.9 Å². The number of anilines is 1. The number of hydroxylamine groups is 1. The minimum absolute atomic E-state index is 0.771. The smallest absolute Gasteiger partial charge is 0.157 e. The van der Waals surface area contributed by atoms with Gasteiger partial charge in [-0.2, -0.15) is 0 Å². The predicted molar refractivity (Wildman–Crippen MR) is 74.7 cm³/mol. The van der Waals surface area contributed by atoms with Crippen LogP contribution < -0.4 is 5.06 Å². The zero-order valence-corrected chi connectivity index (χ0v) is 10.8. The Morgan fingerprint density at radius 2 is 2.11 bits per heavy atom. The first-order valence-corrected chi connectivity index (χ1v) is 5.97.